The van der Waals surface area contributed by atoms with Crippen LogP contribution < -0.4 is 5.32 Å². The van der Waals surface area contributed by atoms with Crippen LogP contribution in [0.3, 0.4) is 0 Å². The number of aliphatic hydroxyl groups excluding tert-OH is 1. The predicted octanol–water partition coefficient (Wildman–Crippen LogP) is 1.74. The molecule has 106 valence electrons. The Balaban J connectivity index is 1.98. The van der Waals surface area contributed by atoms with E-state index in [1.165, 1.54) is 31.9 Å². The third-order valence-corrected chi connectivity index (χ3v) is 3.80. The summed E-state index contributed by atoms with van der Waals surface area (Å²) in [6.07, 6.45) is 7.97. The van der Waals surface area contributed by atoms with E-state index in [9.17, 15) is 4.79 Å². The summed E-state index contributed by atoms with van der Waals surface area (Å²) >= 11 is 0. The highest BCUT2D eigenvalue weighted by molar-refractivity contribution is 5.94. The third-order valence-electron chi connectivity index (χ3n) is 3.80. The second-order valence-electron chi connectivity index (χ2n) is 5.62. The van der Waals surface area contributed by atoms with E-state index >= 15 is 0 Å². The molecule has 2 rings (SSSR count). The van der Waals surface area contributed by atoms with E-state index in [4.69, 9.17) is 5.11 Å². The molecule has 1 aromatic rings. The molecule has 1 saturated carbocycles. The number of carbonyl (C=O) groups is 1. The predicted molar refractivity (Wildman–Crippen MR) is 77.1 cm³/mol. The normalized spacial score (nSPS) is 16.3. The Morgan fingerprint density at radius 1 is 1.45 bits per heavy atom. The molecular formula is C16H20N2O2. The summed E-state index contributed by atoms with van der Waals surface area (Å²) in [5.41, 5.74) is 1.38. The van der Waals surface area contributed by atoms with Crippen LogP contribution in [0.4, 0.5) is 0 Å². The first-order valence-electron chi connectivity index (χ1n) is 6.96. The van der Waals surface area contributed by atoms with Crippen molar-refractivity contribution in [3.05, 3.63) is 29.6 Å². The van der Waals surface area contributed by atoms with Crippen LogP contribution in [0.2, 0.25) is 0 Å². The smallest absolute Gasteiger partial charge is 0.252 e. The van der Waals surface area contributed by atoms with Gasteiger partial charge in [0.15, 0.2) is 0 Å². The third kappa shape index (κ3) is 3.82. The summed E-state index contributed by atoms with van der Waals surface area (Å²) in [4.78, 5) is 16.1. The molecule has 0 bridgehead atoms. The van der Waals surface area contributed by atoms with Gasteiger partial charge < -0.3 is 10.4 Å². The monoisotopic (exact) mass is 272 g/mol. The molecule has 0 spiro atoms. The van der Waals surface area contributed by atoms with E-state index < -0.39 is 0 Å². The quantitative estimate of drug-likeness (QED) is 0.824. The van der Waals surface area contributed by atoms with E-state index in [1.54, 1.807) is 12.3 Å². The lowest BCUT2D eigenvalue weighted by atomic mass is 9.89. The first-order valence-corrected chi connectivity index (χ1v) is 6.96. The maximum Gasteiger partial charge on any atom is 0.252 e. The maximum absolute atomic E-state index is 12.1. The fourth-order valence-corrected chi connectivity index (χ4v) is 2.58. The molecule has 1 aliphatic carbocycles. The van der Waals surface area contributed by atoms with Crippen molar-refractivity contribution in [1.29, 1.82) is 0 Å². The van der Waals surface area contributed by atoms with Crippen molar-refractivity contribution >= 4 is 5.91 Å². The Kier molecular flexibility index (Phi) is 4.75. The summed E-state index contributed by atoms with van der Waals surface area (Å²) in [5.74, 6) is 5.19. The van der Waals surface area contributed by atoms with Crippen LogP contribution in [0.25, 0.3) is 0 Å². The van der Waals surface area contributed by atoms with Crippen molar-refractivity contribution in [2.24, 2.45) is 5.41 Å². The Labute approximate surface area is 119 Å². The topological polar surface area (TPSA) is 62.2 Å². The maximum atomic E-state index is 12.1. The minimum atomic E-state index is -0.200. The van der Waals surface area contributed by atoms with Gasteiger partial charge in [-0.05, 0) is 24.3 Å². The number of hydrogen-bond acceptors (Lipinski definition) is 3. The Morgan fingerprint density at radius 3 is 2.90 bits per heavy atom. The molecule has 1 amide bonds. The highest BCUT2D eigenvalue weighted by Gasteiger charge is 2.28. The number of aromatic nitrogens is 1. The number of nitrogens with zero attached hydrogens (tertiary/aromatic N) is 1. The molecule has 20 heavy (non-hydrogen) atoms. The number of rotatable bonds is 3. The van der Waals surface area contributed by atoms with E-state index in [0.29, 0.717) is 17.7 Å². The molecule has 0 saturated heterocycles. The van der Waals surface area contributed by atoms with Crippen molar-refractivity contribution in [3.8, 4) is 11.8 Å². The Hall–Kier alpha value is -1.86. The molecule has 4 nitrogen and oxygen atoms in total. The van der Waals surface area contributed by atoms with Crippen LogP contribution >= 0.6 is 0 Å². The summed E-state index contributed by atoms with van der Waals surface area (Å²) < 4.78 is 0. The largest absolute Gasteiger partial charge is 0.384 e. The Morgan fingerprint density at radius 2 is 2.20 bits per heavy atom. The molecule has 1 heterocycles. The van der Waals surface area contributed by atoms with Crippen molar-refractivity contribution < 1.29 is 9.90 Å². The molecule has 2 N–H and O–H groups in total. The molecule has 0 atom stereocenters. The minimum absolute atomic E-state index is 0.113. The molecule has 1 aromatic heterocycles. The van der Waals surface area contributed by atoms with Crippen LogP contribution in [0.5, 0.6) is 0 Å². The van der Waals surface area contributed by atoms with Gasteiger partial charge >= 0.3 is 0 Å². The molecule has 1 fully saturated rings. The van der Waals surface area contributed by atoms with Crippen molar-refractivity contribution in [3.63, 3.8) is 0 Å². The zero-order valence-corrected chi connectivity index (χ0v) is 11.8. The fraction of sp³-hybridized carbons (Fsp3) is 0.500. The SMILES string of the molecule is CC1(CNC(=O)c2cncc(C#CCO)c2)CCCC1. The van der Waals surface area contributed by atoms with E-state index in [1.807, 2.05) is 0 Å². The van der Waals surface area contributed by atoms with Crippen LogP contribution in [0.1, 0.15) is 48.5 Å². The summed E-state index contributed by atoms with van der Waals surface area (Å²) in [6.45, 7) is 2.73. The Bertz CT molecular complexity index is 537. The fourth-order valence-electron chi connectivity index (χ4n) is 2.58. The average Bonchev–Trinajstić information content (AvgIpc) is 2.90. The molecular weight excluding hydrogens is 252 g/mol. The lowest BCUT2D eigenvalue weighted by Crippen LogP contribution is -2.34. The van der Waals surface area contributed by atoms with Crippen LogP contribution in [0.15, 0.2) is 18.5 Å². The summed E-state index contributed by atoms with van der Waals surface area (Å²) in [6, 6.07) is 1.70. The number of hydrogen-bond donors (Lipinski definition) is 2. The molecule has 0 aromatic carbocycles. The van der Waals surface area contributed by atoms with Gasteiger partial charge in [0.05, 0.1) is 5.56 Å². The van der Waals surface area contributed by atoms with E-state index in [2.05, 4.69) is 29.1 Å². The van der Waals surface area contributed by atoms with Gasteiger partial charge in [0.1, 0.15) is 6.61 Å². The standard InChI is InChI=1S/C16H20N2O2/c1-16(6-2-3-7-16)12-18-15(20)14-9-13(5-4-8-19)10-17-11-14/h9-11,19H,2-3,6-8,12H2,1H3,(H,18,20). The molecule has 4 heteroatoms. The van der Waals surface area contributed by atoms with Gasteiger partial charge in [-0.15, -0.1) is 0 Å². The van der Waals surface area contributed by atoms with Gasteiger partial charge in [-0.2, -0.15) is 0 Å². The van der Waals surface area contributed by atoms with E-state index in [-0.39, 0.29) is 17.9 Å². The van der Waals surface area contributed by atoms with Gasteiger partial charge in [0.25, 0.3) is 5.91 Å². The minimum Gasteiger partial charge on any atom is -0.384 e. The number of amides is 1. The molecule has 0 unspecified atom stereocenters. The molecule has 0 radical (unpaired) electrons. The number of carbonyl (C=O) groups excluding carboxylic acids is 1. The van der Waals surface area contributed by atoms with Crippen molar-refractivity contribution in [1.82, 2.24) is 10.3 Å². The van der Waals surface area contributed by atoms with Gasteiger partial charge in [-0.1, -0.05) is 31.6 Å². The highest BCUT2D eigenvalue weighted by Crippen LogP contribution is 2.36. The second-order valence-corrected chi connectivity index (χ2v) is 5.62. The van der Waals surface area contributed by atoms with Crippen molar-refractivity contribution in [2.45, 2.75) is 32.6 Å². The zero-order valence-electron chi connectivity index (χ0n) is 11.8. The first-order chi connectivity index (χ1) is 9.63. The number of nitrogens with one attached hydrogen (secondary N) is 1. The number of aliphatic hydroxyl groups is 1. The second kappa shape index (κ2) is 6.53. The van der Waals surface area contributed by atoms with Gasteiger partial charge in [-0.3, -0.25) is 9.78 Å². The highest BCUT2D eigenvalue weighted by atomic mass is 16.2. The van der Waals surface area contributed by atoms with Gasteiger partial charge in [0.2, 0.25) is 0 Å². The lowest BCUT2D eigenvalue weighted by Gasteiger charge is -2.23. The van der Waals surface area contributed by atoms with Gasteiger partial charge in [-0.25, -0.2) is 0 Å². The molecule has 0 aliphatic heterocycles. The summed E-state index contributed by atoms with van der Waals surface area (Å²) in [7, 11) is 0. The molecule has 1 aliphatic rings. The first kappa shape index (κ1) is 14.5. The van der Waals surface area contributed by atoms with E-state index in [0.717, 1.165) is 0 Å². The van der Waals surface area contributed by atoms with Gasteiger partial charge in [0, 0.05) is 24.5 Å². The summed E-state index contributed by atoms with van der Waals surface area (Å²) in [5, 5.41) is 11.7. The van der Waals surface area contributed by atoms with Crippen LogP contribution in [0, 0.1) is 17.3 Å². The van der Waals surface area contributed by atoms with Crippen LogP contribution in [-0.4, -0.2) is 29.1 Å². The van der Waals surface area contributed by atoms with Crippen LogP contribution in [-0.2, 0) is 0 Å². The lowest BCUT2D eigenvalue weighted by molar-refractivity contribution is 0.0934. The average molecular weight is 272 g/mol. The van der Waals surface area contributed by atoms with Crippen molar-refractivity contribution in [2.75, 3.05) is 13.2 Å². The zero-order chi connectivity index (χ0) is 14.4. The number of pyridine rings is 1.